The van der Waals surface area contributed by atoms with Crippen LogP contribution >= 0.6 is 11.8 Å². The minimum atomic E-state index is -0.398. The first-order valence-electron chi connectivity index (χ1n) is 6.11. The molecule has 0 saturated heterocycles. The van der Waals surface area contributed by atoms with E-state index in [1.807, 2.05) is 33.3 Å². The van der Waals surface area contributed by atoms with Crippen molar-refractivity contribution in [3.8, 4) is 6.07 Å². The predicted molar refractivity (Wildman–Crippen MR) is 74.4 cm³/mol. The smallest absolute Gasteiger partial charge is 0.187 e. The number of aryl methyl sites for hydroxylation is 1. The zero-order valence-electron chi connectivity index (χ0n) is 11.2. The Labute approximate surface area is 113 Å². The van der Waals surface area contributed by atoms with Gasteiger partial charge in [0.25, 0.3) is 0 Å². The Morgan fingerprint density at radius 2 is 2.06 bits per heavy atom. The van der Waals surface area contributed by atoms with Gasteiger partial charge < -0.3 is 5.32 Å². The van der Waals surface area contributed by atoms with Gasteiger partial charge >= 0.3 is 0 Å². The molecule has 0 aliphatic heterocycles. The SMILES string of the molecule is CNC(C)(C#N)CCCCSc1ncc(C)cn1. The summed E-state index contributed by atoms with van der Waals surface area (Å²) in [5.74, 6) is 0.994. The van der Waals surface area contributed by atoms with E-state index in [2.05, 4.69) is 21.4 Å². The topological polar surface area (TPSA) is 61.6 Å². The fourth-order valence-corrected chi connectivity index (χ4v) is 2.22. The zero-order valence-corrected chi connectivity index (χ0v) is 12.0. The van der Waals surface area contributed by atoms with Gasteiger partial charge in [0.1, 0.15) is 5.54 Å². The van der Waals surface area contributed by atoms with Crippen molar-refractivity contribution in [3.05, 3.63) is 18.0 Å². The van der Waals surface area contributed by atoms with Gasteiger partial charge in [0.15, 0.2) is 5.16 Å². The van der Waals surface area contributed by atoms with Crippen molar-refractivity contribution in [2.75, 3.05) is 12.8 Å². The van der Waals surface area contributed by atoms with Crippen LogP contribution < -0.4 is 5.32 Å². The number of hydrogen-bond acceptors (Lipinski definition) is 5. The molecule has 0 aromatic carbocycles. The minimum Gasteiger partial charge on any atom is -0.303 e. The quantitative estimate of drug-likeness (QED) is 0.466. The lowest BCUT2D eigenvalue weighted by atomic mass is 9.97. The Morgan fingerprint density at radius 1 is 1.39 bits per heavy atom. The van der Waals surface area contributed by atoms with Gasteiger partial charge in [0, 0.05) is 18.1 Å². The number of thioether (sulfide) groups is 1. The largest absolute Gasteiger partial charge is 0.303 e. The van der Waals surface area contributed by atoms with Crippen LogP contribution in [0.4, 0.5) is 0 Å². The van der Waals surface area contributed by atoms with Crippen molar-refractivity contribution in [2.45, 2.75) is 43.8 Å². The second-order valence-electron chi connectivity index (χ2n) is 4.54. The summed E-state index contributed by atoms with van der Waals surface area (Å²) >= 11 is 1.67. The first kappa shape index (κ1) is 14.9. The molecule has 1 atom stereocenters. The molecular weight excluding hydrogens is 244 g/mol. The molecular formula is C13H20N4S. The number of unbranched alkanes of at least 4 members (excludes halogenated alkanes) is 1. The lowest BCUT2D eigenvalue weighted by Gasteiger charge is -2.20. The van der Waals surface area contributed by atoms with Crippen molar-refractivity contribution in [3.63, 3.8) is 0 Å². The summed E-state index contributed by atoms with van der Waals surface area (Å²) in [6.07, 6.45) is 6.64. The summed E-state index contributed by atoms with van der Waals surface area (Å²) in [5.41, 5.74) is 0.684. The Morgan fingerprint density at radius 3 is 2.61 bits per heavy atom. The minimum absolute atomic E-state index is 0.398. The molecule has 0 fully saturated rings. The molecule has 0 saturated carbocycles. The lowest BCUT2D eigenvalue weighted by Crippen LogP contribution is -2.37. The van der Waals surface area contributed by atoms with E-state index < -0.39 is 5.54 Å². The van der Waals surface area contributed by atoms with E-state index in [1.165, 1.54) is 0 Å². The third kappa shape index (κ3) is 5.03. The van der Waals surface area contributed by atoms with Crippen LogP contribution in [-0.4, -0.2) is 28.3 Å². The highest BCUT2D eigenvalue weighted by molar-refractivity contribution is 7.99. The van der Waals surface area contributed by atoms with E-state index in [0.717, 1.165) is 35.7 Å². The van der Waals surface area contributed by atoms with E-state index in [1.54, 1.807) is 11.8 Å². The molecule has 1 unspecified atom stereocenters. The first-order chi connectivity index (χ1) is 8.59. The number of nitriles is 1. The maximum atomic E-state index is 9.01. The Kier molecular flexibility index (Phi) is 6.10. The molecule has 98 valence electrons. The summed E-state index contributed by atoms with van der Waals surface area (Å²) in [7, 11) is 1.83. The highest BCUT2D eigenvalue weighted by Crippen LogP contribution is 2.17. The second kappa shape index (κ2) is 7.34. The maximum absolute atomic E-state index is 9.01. The van der Waals surface area contributed by atoms with E-state index >= 15 is 0 Å². The summed E-state index contributed by atoms with van der Waals surface area (Å²) in [6, 6.07) is 2.30. The maximum Gasteiger partial charge on any atom is 0.187 e. The number of rotatable bonds is 7. The van der Waals surface area contributed by atoms with E-state index in [0.29, 0.717) is 0 Å². The van der Waals surface area contributed by atoms with Crippen LogP contribution in [0.2, 0.25) is 0 Å². The summed E-state index contributed by atoms with van der Waals surface area (Å²) < 4.78 is 0. The molecule has 4 nitrogen and oxygen atoms in total. The molecule has 0 aliphatic rings. The fourth-order valence-electron chi connectivity index (χ4n) is 1.44. The van der Waals surface area contributed by atoms with Crippen LogP contribution in [0.1, 0.15) is 31.7 Å². The molecule has 0 spiro atoms. The molecule has 1 aromatic rings. The van der Waals surface area contributed by atoms with Crippen molar-refractivity contribution in [2.24, 2.45) is 0 Å². The third-order valence-electron chi connectivity index (χ3n) is 2.86. The van der Waals surface area contributed by atoms with Gasteiger partial charge in [-0.15, -0.1) is 0 Å². The second-order valence-corrected chi connectivity index (χ2v) is 5.60. The van der Waals surface area contributed by atoms with Gasteiger partial charge in [-0.25, -0.2) is 9.97 Å². The lowest BCUT2D eigenvalue weighted by molar-refractivity contribution is 0.439. The molecule has 1 N–H and O–H groups in total. The van der Waals surface area contributed by atoms with Gasteiger partial charge in [0.05, 0.1) is 6.07 Å². The number of nitrogens with one attached hydrogen (secondary N) is 1. The standard InChI is InChI=1S/C13H20N4S/c1-11-8-16-12(17-9-11)18-7-5-4-6-13(2,10-14)15-3/h8-9,15H,4-7H2,1-3H3. The molecule has 5 heteroatoms. The van der Waals surface area contributed by atoms with Crippen molar-refractivity contribution < 1.29 is 0 Å². The van der Waals surface area contributed by atoms with Crippen molar-refractivity contribution in [1.29, 1.82) is 5.26 Å². The van der Waals surface area contributed by atoms with Crippen molar-refractivity contribution in [1.82, 2.24) is 15.3 Å². The van der Waals surface area contributed by atoms with Crippen molar-refractivity contribution >= 4 is 11.8 Å². The number of nitrogens with zero attached hydrogens (tertiary/aromatic N) is 3. The summed E-state index contributed by atoms with van der Waals surface area (Å²) in [5, 5.41) is 12.9. The molecule has 0 radical (unpaired) electrons. The number of hydrogen-bond donors (Lipinski definition) is 1. The fraction of sp³-hybridized carbons (Fsp3) is 0.615. The van der Waals surface area contributed by atoms with Gasteiger partial charge in [-0.2, -0.15) is 5.26 Å². The molecule has 1 aromatic heterocycles. The average molecular weight is 264 g/mol. The third-order valence-corrected chi connectivity index (χ3v) is 3.82. The van der Waals surface area contributed by atoms with Crippen LogP contribution in [0, 0.1) is 18.3 Å². The van der Waals surface area contributed by atoms with Crippen LogP contribution in [0.3, 0.4) is 0 Å². The summed E-state index contributed by atoms with van der Waals surface area (Å²) in [4.78, 5) is 8.49. The molecule has 0 amide bonds. The summed E-state index contributed by atoms with van der Waals surface area (Å²) in [6.45, 7) is 3.91. The van der Waals surface area contributed by atoms with Crippen LogP contribution in [0.5, 0.6) is 0 Å². The van der Waals surface area contributed by atoms with E-state index in [9.17, 15) is 0 Å². The Hall–Kier alpha value is -1.12. The average Bonchev–Trinajstić information content (AvgIpc) is 2.40. The van der Waals surface area contributed by atoms with E-state index in [-0.39, 0.29) is 0 Å². The monoisotopic (exact) mass is 264 g/mol. The molecule has 0 aliphatic carbocycles. The van der Waals surface area contributed by atoms with Gasteiger partial charge in [-0.05, 0) is 45.7 Å². The van der Waals surface area contributed by atoms with Crippen LogP contribution in [0.15, 0.2) is 17.6 Å². The molecule has 1 rings (SSSR count). The zero-order chi connectivity index (χ0) is 13.4. The molecule has 1 heterocycles. The van der Waals surface area contributed by atoms with Crippen LogP contribution in [-0.2, 0) is 0 Å². The van der Waals surface area contributed by atoms with Gasteiger partial charge in [-0.3, -0.25) is 0 Å². The highest BCUT2D eigenvalue weighted by Gasteiger charge is 2.19. The van der Waals surface area contributed by atoms with Crippen LogP contribution in [0.25, 0.3) is 0 Å². The Balaban J connectivity index is 2.20. The van der Waals surface area contributed by atoms with Gasteiger partial charge in [0.2, 0.25) is 0 Å². The number of aromatic nitrogens is 2. The highest BCUT2D eigenvalue weighted by atomic mass is 32.2. The normalized spacial score (nSPS) is 13.9. The predicted octanol–water partition coefficient (Wildman–Crippen LogP) is 2.55. The molecule has 18 heavy (non-hydrogen) atoms. The van der Waals surface area contributed by atoms with E-state index in [4.69, 9.17) is 5.26 Å². The Bertz CT molecular complexity index is 398. The molecule has 0 bridgehead atoms. The first-order valence-corrected chi connectivity index (χ1v) is 7.10. The van der Waals surface area contributed by atoms with Gasteiger partial charge in [-0.1, -0.05) is 11.8 Å².